The summed E-state index contributed by atoms with van der Waals surface area (Å²) in [5.74, 6) is -0.305. The molecule has 166 valence electrons. The quantitative estimate of drug-likeness (QED) is 0.576. The zero-order valence-electron chi connectivity index (χ0n) is 17.5. The molecule has 4 rings (SSSR count). The molecular formula is C22H24N6O3S. The lowest BCUT2D eigenvalue weighted by Gasteiger charge is -2.19. The molecule has 1 amide bonds. The van der Waals surface area contributed by atoms with Gasteiger partial charge in [-0.05, 0) is 65.2 Å². The summed E-state index contributed by atoms with van der Waals surface area (Å²) >= 11 is 0. The maximum Gasteiger partial charge on any atom is 0.248 e. The molecule has 2 heterocycles. The second kappa shape index (κ2) is 9.84. The Morgan fingerprint density at radius 2 is 1.75 bits per heavy atom. The average molecular weight is 453 g/mol. The van der Waals surface area contributed by atoms with Crippen LogP contribution in [0.2, 0.25) is 0 Å². The fourth-order valence-corrected chi connectivity index (χ4v) is 5.06. The molecule has 0 atom stereocenters. The van der Waals surface area contributed by atoms with Gasteiger partial charge in [-0.3, -0.25) is 4.79 Å². The van der Waals surface area contributed by atoms with E-state index in [1.54, 1.807) is 52.8 Å². The first-order valence-electron chi connectivity index (χ1n) is 10.5. The van der Waals surface area contributed by atoms with Crippen LogP contribution in [0.3, 0.4) is 0 Å². The summed E-state index contributed by atoms with van der Waals surface area (Å²) < 4.78 is 28.8. The van der Waals surface area contributed by atoms with Crippen molar-refractivity contribution in [3.05, 3.63) is 66.5 Å². The molecule has 1 aliphatic rings. The Morgan fingerprint density at radius 3 is 2.44 bits per heavy atom. The summed E-state index contributed by atoms with van der Waals surface area (Å²) in [7, 11) is -3.48. The van der Waals surface area contributed by atoms with E-state index in [0.717, 1.165) is 36.9 Å². The van der Waals surface area contributed by atoms with Crippen LogP contribution in [0.15, 0.2) is 65.8 Å². The number of nitrogens with zero attached hydrogens (tertiary/aromatic N) is 5. The van der Waals surface area contributed by atoms with Crippen LogP contribution in [0.25, 0.3) is 11.8 Å². The van der Waals surface area contributed by atoms with Crippen LogP contribution >= 0.6 is 0 Å². The predicted molar refractivity (Wildman–Crippen MR) is 120 cm³/mol. The standard InChI is InChI=1S/C22H24N6O3S/c29-22(24-19-6-5-7-20(16-19)28-17-23-25-26-28)13-10-18-8-11-21(12-9-18)32(30,31)27-14-3-1-2-4-15-27/h5-13,16-17H,1-4,14-15H2,(H,24,29)/b13-10+. The van der Waals surface area contributed by atoms with Crippen molar-refractivity contribution in [1.29, 1.82) is 0 Å². The van der Waals surface area contributed by atoms with E-state index in [0.29, 0.717) is 18.8 Å². The van der Waals surface area contributed by atoms with Gasteiger partial charge in [-0.1, -0.05) is 31.0 Å². The minimum Gasteiger partial charge on any atom is -0.322 e. The van der Waals surface area contributed by atoms with Crippen molar-refractivity contribution in [3.63, 3.8) is 0 Å². The molecule has 3 aromatic rings. The summed E-state index contributed by atoms with van der Waals surface area (Å²) in [6.07, 6.45) is 8.45. The van der Waals surface area contributed by atoms with Crippen LogP contribution < -0.4 is 5.32 Å². The second-order valence-corrected chi connectivity index (χ2v) is 9.45. The molecule has 0 bridgehead atoms. The van der Waals surface area contributed by atoms with Crippen LogP contribution in [-0.4, -0.2) is 51.9 Å². The van der Waals surface area contributed by atoms with E-state index in [1.807, 2.05) is 6.07 Å². The van der Waals surface area contributed by atoms with Crippen LogP contribution in [0.4, 0.5) is 5.69 Å². The van der Waals surface area contributed by atoms with Crippen molar-refractivity contribution in [2.45, 2.75) is 30.6 Å². The molecule has 0 radical (unpaired) electrons. The Kier molecular flexibility index (Phi) is 6.72. The Bertz CT molecular complexity index is 1180. The summed E-state index contributed by atoms with van der Waals surface area (Å²) in [6.45, 7) is 1.14. The van der Waals surface area contributed by atoms with Crippen LogP contribution in [0, 0.1) is 0 Å². The summed E-state index contributed by atoms with van der Waals surface area (Å²) in [4.78, 5) is 12.6. The third-order valence-corrected chi connectivity index (χ3v) is 7.15. The Morgan fingerprint density at radius 1 is 1.00 bits per heavy atom. The molecule has 0 spiro atoms. The molecule has 32 heavy (non-hydrogen) atoms. The minimum atomic E-state index is -3.48. The van der Waals surface area contributed by atoms with Crippen molar-refractivity contribution in [2.24, 2.45) is 0 Å². The topological polar surface area (TPSA) is 110 Å². The first-order chi connectivity index (χ1) is 15.5. The fourth-order valence-electron chi connectivity index (χ4n) is 3.54. The molecule has 10 heteroatoms. The molecule has 1 aromatic heterocycles. The number of amides is 1. The zero-order valence-corrected chi connectivity index (χ0v) is 18.3. The number of aromatic nitrogens is 4. The van der Waals surface area contributed by atoms with E-state index < -0.39 is 10.0 Å². The van der Waals surface area contributed by atoms with Crippen molar-refractivity contribution in [3.8, 4) is 5.69 Å². The highest BCUT2D eigenvalue weighted by Gasteiger charge is 2.24. The number of sulfonamides is 1. The van der Waals surface area contributed by atoms with Gasteiger partial charge < -0.3 is 5.32 Å². The van der Waals surface area contributed by atoms with Crippen molar-refractivity contribution < 1.29 is 13.2 Å². The van der Waals surface area contributed by atoms with Gasteiger partial charge in [0.25, 0.3) is 0 Å². The maximum absolute atomic E-state index is 12.9. The third-order valence-electron chi connectivity index (χ3n) is 5.24. The number of hydrogen-bond acceptors (Lipinski definition) is 6. The number of anilines is 1. The molecular weight excluding hydrogens is 428 g/mol. The number of rotatable bonds is 6. The van der Waals surface area contributed by atoms with E-state index in [-0.39, 0.29) is 10.8 Å². The summed E-state index contributed by atoms with van der Waals surface area (Å²) in [6, 6.07) is 13.7. The van der Waals surface area contributed by atoms with Crippen LogP contribution in [0.5, 0.6) is 0 Å². The molecule has 1 aliphatic heterocycles. The maximum atomic E-state index is 12.9. The lowest BCUT2D eigenvalue weighted by Crippen LogP contribution is -2.31. The molecule has 1 fully saturated rings. The van der Waals surface area contributed by atoms with Gasteiger partial charge >= 0.3 is 0 Å². The molecule has 1 N–H and O–H groups in total. The molecule has 0 saturated carbocycles. The number of tetrazole rings is 1. The lowest BCUT2D eigenvalue weighted by atomic mass is 10.2. The predicted octanol–water partition coefficient (Wildman–Crippen LogP) is 2.88. The Balaban J connectivity index is 1.39. The molecule has 0 aliphatic carbocycles. The van der Waals surface area contributed by atoms with Gasteiger partial charge in [0, 0.05) is 24.9 Å². The Labute approximate surface area is 186 Å². The number of nitrogens with one attached hydrogen (secondary N) is 1. The van der Waals surface area contributed by atoms with Gasteiger partial charge in [0.2, 0.25) is 15.9 Å². The monoisotopic (exact) mass is 452 g/mol. The number of carbonyl (C=O) groups is 1. The highest BCUT2D eigenvalue weighted by Crippen LogP contribution is 2.21. The summed E-state index contributed by atoms with van der Waals surface area (Å²) in [5.41, 5.74) is 2.06. The average Bonchev–Trinajstić information content (AvgIpc) is 3.20. The zero-order chi connectivity index (χ0) is 22.4. The van der Waals surface area contributed by atoms with Gasteiger partial charge in [-0.2, -0.15) is 4.31 Å². The van der Waals surface area contributed by atoms with E-state index in [4.69, 9.17) is 0 Å². The molecule has 9 nitrogen and oxygen atoms in total. The smallest absolute Gasteiger partial charge is 0.248 e. The van der Waals surface area contributed by atoms with E-state index in [1.165, 1.54) is 17.1 Å². The highest BCUT2D eigenvalue weighted by molar-refractivity contribution is 7.89. The Hall–Kier alpha value is -3.37. The van der Waals surface area contributed by atoms with E-state index in [9.17, 15) is 13.2 Å². The van der Waals surface area contributed by atoms with Gasteiger partial charge in [0.1, 0.15) is 6.33 Å². The van der Waals surface area contributed by atoms with Crippen molar-refractivity contribution >= 4 is 27.7 Å². The van der Waals surface area contributed by atoms with Crippen molar-refractivity contribution in [1.82, 2.24) is 24.5 Å². The van der Waals surface area contributed by atoms with Gasteiger partial charge in [-0.15, -0.1) is 5.10 Å². The SMILES string of the molecule is O=C(/C=C/c1ccc(S(=O)(=O)N2CCCCCC2)cc1)Nc1cccc(-n2cnnn2)c1. The number of hydrogen-bond donors (Lipinski definition) is 1. The van der Waals surface area contributed by atoms with Crippen molar-refractivity contribution in [2.75, 3.05) is 18.4 Å². The second-order valence-electron chi connectivity index (χ2n) is 7.51. The van der Waals surface area contributed by atoms with Gasteiger partial charge in [0.15, 0.2) is 0 Å². The van der Waals surface area contributed by atoms with E-state index >= 15 is 0 Å². The molecule has 1 saturated heterocycles. The van der Waals surface area contributed by atoms with Crippen LogP contribution in [-0.2, 0) is 14.8 Å². The van der Waals surface area contributed by atoms with Crippen LogP contribution in [0.1, 0.15) is 31.2 Å². The largest absolute Gasteiger partial charge is 0.322 e. The lowest BCUT2D eigenvalue weighted by molar-refractivity contribution is -0.111. The minimum absolute atomic E-state index is 0.278. The van der Waals surface area contributed by atoms with Gasteiger partial charge in [0.05, 0.1) is 10.6 Å². The van der Waals surface area contributed by atoms with E-state index in [2.05, 4.69) is 20.8 Å². The third kappa shape index (κ3) is 5.27. The number of carbonyl (C=O) groups excluding carboxylic acids is 1. The summed E-state index contributed by atoms with van der Waals surface area (Å²) in [5, 5.41) is 13.8. The molecule has 0 unspecified atom stereocenters. The molecule has 2 aromatic carbocycles. The number of benzene rings is 2. The first-order valence-corrected chi connectivity index (χ1v) is 11.9. The first kappa shape index (κ1) is 21.8. The fraction of sp³-hybridized carbons (Fsp3) is 0.273. The highest BCUT2D eigenvalue weighted by atomic mass is 32.2. The van der Waals surface area contributed by atoms with Gasteiger partial charge in [-0.25, -0.2) is 13.1 Å². The normalized spacial score (nSPS) is 15.5.